The molecule has 1 aliphatic carbocycles. The van der Waals surface area contributed by atoms with Gasteiger partial charge in [-0.3, -0.25) is 9.59 Å². The molecule has 2 heterocycles. The number of para-hydroxylation sites is 1. The molecule has 5 nitrogen and oxygen atoms in total. The Labute approximate surface area is 161 Å². The number of amides is 2. The highest BCUT2D eigenvalue weighted by molar-refractivity contribution is 6.00. The van der Waals surface area contributed by atoms with Crippen LogP contribution in [0.3, 0.4) is 0 Å². The van der Waals surface area contributed by atoms with Crippen molar-refractivity contribution in [2.24, 2.45) is 5.92 Å². The monoisotopic (exact) mass is 377 g/mol. The number of rotatable bonds is 3. The van der Waals surface area contributed by atoms with Crippen LogP contribution in [-0.2, 0) is 9.59 Å². The number of nitrogens with zero attached hydrogens (tertiary/aromatic N) is 1. The molecule has 2 saturated heterocycles. The number of carbonyl (C=O) groups is 2. The summed E-state index contributed by atoms with van der Waals surface area (Å²) in [5, 5.41) is 6.53. The van der Waals surface area contributed by atoms with E-state index in [0.29, 0.717) is 12.0 Å². The lowest BCUT2D eigenvalue weighted by molar-refractivity contribution is -0.129. The van der Waals surface area contributed by atoms with Crippen LogP contribution in [0, 0.1) is 5.92 Å². The standard InChI is InChI=1S/C20H27N3O2.ClH/c24-19(18-13-14-7-4-5-10-16(14)21-18)22-17-11-6-12-23(20(17)25)15-8-2-1-3-9-15;/h1-3,8-9,14,16-18,21H,4-7,10-13H2,(H,22,24);1H. The molecule has 26 heavy (non-hydrogen) atoms. The maximum atomic E-state index is 12.8. The average Bonchev–Trinajstić information content (AvgIpc) is 3.08. The van der Waals surface area contributed by atoms with E-state index in [4.69, 9.17) is 0 Å². The van der Waals surface area contributed by atoms with Crippen molar-refractivity contribution < 1.29 is 9.59 Å². The maximum absolute atomic E-state index is 12.8. The molecule has 142 valence electrons. The van der Waals surface area contributed by atoms with Crippen molar-refractivity contribution in [3.63, 3.8) is 0 Å². The Hall–Kier alpha value is -1.59. The summed E-state index contributed by atoms with van der Waals surface area (Å²) in [7, 11) is 0. The third kappa shape index (κ3) is 3.89. The van der Waals surface area contributed by atoms with Gasteiger partial charge in [0, 0.05) is 18.3 Å². The SMILES string of the molecule is Cl.O=C(NC1CCCN(c2ccccc2)C1=O)C1CC2CCCCC2N1. The van der Waals surface area contributed by atoms with Crippen molar-refractivity contribution in [2.75, 3.05) is 11.4 Å². The van der Waals surface area contributed by atoms with Gasteiger partial charge in [-0.15, -0.1) is 12.4 Å². The molecule has 4 rings (SSSR count). The number of piperidine rings is 1. The van der Waals surface area contributed by atoms with E-state index in [0.717, 1.165) is 31.5 Å². The quantitative estimate of drug-likeness (QED) is 0.851. The van der Waals surface area contributed by atoms with E-state index in [1.165, 1.54) is 25.7 Å². The van der Waals surface area contributed by atoms with E-state index in [2.05, 4.69) is 10.6 Å². The Morgan fingerprint density at radius 2 is 1.85 bits per heavy atom. The minimum Gasteiger partial charge on any atom is -0.343 e. The number of fused-ring (bicyclic) bond motifs is 1. The number of hydrogen-bond donors (Lipinski definition) is 2. The Balaban J connectivity index is 0.00000196. The molecule has 0 bridgehead atoms. The van der Waals surface area contributed by atoms with Crippen LogP contribution in [0.1, 0.15) is 44.9 Å². The molecule has 0 radical (unpaired) electrons. The number of nitrogens with one attached hydrogen (secondary N) is 2. The first-order valence-corrected chi connectivity index (χ1v) is 9.65. The first-order chi connectivity index (χ1) is 12.2. The molecule has 2 N–H and O–H groups in total. The number of halogens is 1. The van der Waals surface area contributed by atoms with Gasteiger partial charge in [0.05, 0.1) is 6.04 Å². The molecule has 2 amide bonds. The summed E-state index contributed by atoms with van der Waals surface area (Å²) in [5.41, 5.74) is 0.913. The Morgan fingerprint density at radius 3 is 2.62 bits per heavy atom. The van der Waals surface area contributed by atoms with E-state index in [9.17, 15) is 9.59 Å². The van der Waals surface area contributed by atoms with E-state index in [1.54, 1.807) is 4.90 Å². The van der Waals surface area contributed by atoms with Crippen LogP contribution in [-0.4, -0.2) is 36.5 Å². The number of hydrogen-bond acceptors (Lipinski definition) is 3. The minimum absolute atomic E-state index is 0. The van der Waals surface area contributed by atoms with Crippen LogP contribution in [0.2, 0.25) is 0 Å². The highest BCUT2D eigenvalue weighted by Crippen LogP contribution is 2.33. The predicted octanol–water partition coefficient (Wildman–Crippen LogP) is 2.64. The fourth-order valence-electron chi connectivity index (χ4n) is 4.67. The zero-order valence-corrected chi connectivity index (χ0v) is 15.8. The van der Waals surface area contributed by atoms with Gasteiger partial charge in [-0.1, -0.05) is 31.0 Å². The second kappa shape index (κ2) is 8.40. The van der Waals surface area contributed by atoms with Gasteiger partial charge in [-0.25, -0.2) is 0 Å². The fourth-order valence-corrected chi connectivity index (χ4v) is 4.67. The third-order valence-corrected chi connectivity index (χ3v) is 6.00. The number of anilines is 1. The highest BCUT2D eigenvalue weighted by Gasteiger charge is 2.40. The molecule has 1 aromatic carbocycles. The van der Waals surface area contributed by atoms with Gasteiger partial charge in [0.1, 0.15) is 6.04 Å². The third-order valence-electron chi connectivity index (χ3n) is 6.00. The Bertz CT molecular complexity index is 625. The normalized spacial score (nSPS) is 31.1. The van der Waals surface area contributed by atoms with Gasteiger partial charge in [-0.2, -0.15) is 0 Å². The average molecular weight is 378 g/mol. The van der Waals surface area contributed by atoms with Gasteiger partial charge < -0.3 is 15.5 Å². The summed E-state index contributed by atoms with van der Waals surface area (Å²) >= 11 is 0. The highest BCUT2D eigenvalue weighted by atomic mass is 35.5. The predicted molar refractivity (Wildman–Crippen MR) is 104 cm³/mol. The molecule has 4 unspecified atom stereocenters. The lowest BCUT2D eigenvalue weighted by Gasteiger charge is -2.33. The van der Waals surface area contributed by atoms with Gasteiger partial charge in [0.2, 0.25) is 11.8 Å². The lowest BCUT2D eigenvalue weighted by Crippen LogP contribution is -2.55. The molecule has 3 fully saturated rings. The van der Waals surface area contributed by atoms with Gasteiger partial charge in [-0.05, 0) is 50.2 Å². The Morgan fingerprint density at radius 1 is 1.08 bits per heavy atom. The van der Waals surface area contributed by atoms with Crippen molar-refractivity contribution in [1.82, 2.24) is 10.6 Å². The molecule has 6 heteroatoms. The topological polar surface area (TPSA) is 61.4 Å². The van der Waals surface area contributed by atoms with Gasteiger partial charge in [0.15, 0.2) is 0 Å². The fraction of sp³-hybridized carbons (Fsp3) is 0.600. The first kappa shape index (κ1) is 19.2. The second-order valence-electron chi connectivity index (χ2n) is 7.63. The summed E-state index contributed by atoms with van der Waals surface area (Å²) in [5.74, 6) is 0.649. The van der Waals surface area contributed by atoms with Crippen LogP contribution in [0.25, 0.3) is 0 Å². The molecule has 2 aliphatic heterocycles. The van der Waals surface area contributed by atoms with Crippen molar-refractivity contribution in [2.45, 2.75) is 63.1 Å². The summed E-state index contributed by atoms with van der Waals surface area (Å²) in [6.45, 7) is 0.723. The first-order valence-electron chi connectivity index (χ1n) is 9.65. The molecule has 4 atom stereocenters. The molecular weight excluding hydrogens is 350 g/mol. The van der Waals surface area contributed by atoms with Gasteiger partial charge >= 0.3 is 0 Å². The summed E-state index contributed by atoms with van der Waals surface area (Å²) in [6.07, 6.45) is 7.51. The van der Waals surface area contributed by atoms with Crippen LogP contribution >= 0.6 is 12.4 Å². The largest absolute Gasteiger partial charge is 0.343 e. The molecule has 1 aromatic rings. The smallest absolute Gasteiger partial charge is 0.249 e. The van der Waals surface area contributed by atoms with Crippen LogP contribution in [0.5, 0.6) is 0 Å². The van der Waals surface area contributed by atoms with Crippen molar-refractivity contribution >= 4 is 29.9 Å². The molecule has 1 saturated carbocycles. The minimum atomic E-state index is -0.397. The zero-order chi connectivity index (χ0) is 17.2. The molecule has 3 aliphatic rings. The van der Waals surface area contributed by atoms with Crippen molar-refractivity contribution in [3.8, 4) is 0 Å². The van der Waals surface area contributed by atoms with E-state index < -0.39 is 6.04 Å². The lowest BCUT2D eigenvalue weighted by atomic mass is 9.85. The summed E-state index contributed by atoms with van der Waals surface area (Å²) in [6, 6.07) is 9.69. The van der Waals surface area contributed by atoms with Gasteiger partial charge in [0.25, 0.3) is 0 Å². The van der Waals surface area contributed by atoms with E-state index in [-0.39, 0.29) is 30.3 Å². The number of benzene rings is 1. The maximum Gasteiger partial charge on any atom is 0.249 e. The molecule has 0 aromatic heterocycles. The molecule has 0 spiro atoms. The second-order valence-corrected chi connectivity index (χ2v) is 7.63. The van der Waals surface area contributed by atoms with E-state index >= 15 is 0 Å². The zero-order valence-electron chi connectivity index (χ0n) is 15.0. The van der Waals surface area contributed by atoms with E-state index in [1.807, 2.05) is 30.3 Å². The van der Waals surface area contributed by atoms with Crippen LogP contribution in [0.4, 0.5) is 5.69 Å². The Kier molecular flexibility index (Phi) is 6.20. The summed E-state index contributed by atoms with van der Waals surface area (Å²) < 4.78 is 0. The van der Waals surface area contributed by atoms with Crippen LogP contribution < -0.4 is 15.5 Å². The van der Waals surface area contributed by atoms with Crippen LogP contribution in [0.15, 0.2) is 30.3 Å². The van der Waals surface area contributed by atoms with Crippen molar-refractivity contribution in [1.29, 1.82) is 0 Å². The molecular formula is C20H28ClN3O2. The number of carbonyl (C=O) groups excluding carboxylic acids is 2. The van der Waals surface area contributed by atoms with Crippen molar-refractivity contribution in [3.05, 3.63) is 30.3 Å². The summed E-state index contributed by atoms with van der Waals surface area (Å²) in [4.78, 5) is 27.3.